The Balaban J connectivity index is 0.000000205. The number of amides is 2. The summed E-state index contributed by atoms with van der Waals surface area (Å²) < 4.78 is 76.3. The van der Waals surface area contributed by atoms with E-state index in [1.807, 2.05) is 39.8 Å². The second-order valence-corrected chi connectivity index (χ2v) is 26.7. The highest BCUT2D eigenvalue weighted by atomic mass is 79.9. The minimum Gasteiger partial charge on any atom is -0.399 e. The van der Waals surface area contributed by atoms with Crippen LogP contribution in [0.1, 0.15) is 106 Å². The molecule has 3 fully saturated rings. The Morgan fingerprint density at radius 1 is 0.622 bits per heavy atom. The Hall–Kier alpha value is -7.17. The van der Waals surface area contributed by atoms with Crippen LogP contribution in [-0.2, 0) is 83.2 Å². The lowest BCUT2D eigenvalue weighted by molar-refractivity contribution is -0.138. The largest absolute Gasteiger partial charge is 0.497 e. The lowest BCUT2D eigenvalue weighted by atomic mass is 9.77. The maximum absolute atomic E-state index is 15.8. The van der Waals surface area contributed by atoms with Crippen molar-refractivity contribution in [2.24, 2.45) is 0 Å². The molecular formula is C70H75BBrCl2F4N9O8S3. The van der Waals surface area contributed by atoms with Gasteiger partial charge in [0.1, 0.15) is 48.5 Å². The summed E-state index contributed by atoms with van der Waals surface area (Å²) in [6.07, 6.45) is -1.50. The third kappa shape index (κ3) is 16.2. The van der Waals surface area contributed by atoms with E-state index in [0.717, 1.165) is 34.7 Å². The predicted molar refractivity (Wildman–Crippen MR) is 391 cm³/mol. The average Bonchev–Trinajstić information content (AvgIpc) is 1.42. The van der Waals surface area contributed by atoms with Crippen molar-refractivity contribution in [3.05, 3.63) is 163 Å². The van der Waals surface area contributed by atoms with Crippen LogP contribution in [0.25, 0.3) is 32.9 Å². The molecule has 28 heteroatoms. The van der Waals surface area contributed by atoms with Gasteiger partial charge in [0.05, 0.1) is 68.8 Å². The fourth-order valence-corrected chi connectivity index (χ4v) is 13.6. The first-order chi connectivity index (χ1) is 45.8. The predicted octanol–water partition coefficient (Wildman–Crippen LogP) is 12.9. The summed E-state index contributed by atoms with van der Waals surface area (Å²) in [5.41, 5.74) is 5.43. The van der Waals surface area contributed by atoms with Crippen molar-refractivity contribution >= 4 is 161 Å². The number of likely N-dealkylation sites (tertiary alicyclic amines) is 2. The van der Waals surface area contributed by atoms with Gasteiger partial charge in [-0.2, -0.15) is 23.7 Å². The van der Waals surface area contributed by atoms with Crippen LogP contribution in [0.5, 0.6) is 0 Å². The molecule has 518 valence electrons. The maximum Gasteiger partial charge on any atom is 0.497 e. The van der Waals surface area contributed by atoms with Crippen molar-refractivity contribution < 1.29 is 55.6 Å². The van der Waals surface area contributed by atoms with E-state index in [4.69, 9.17) is 32.5 Å². The van der Waals surface area contributed by atoms with Crippen LogP contribution in [0.4, 0.5) is 34.6 Å². The minimum absolute atomic E-state index is 0. The molecule has 0 bridgehead atoms. The van der Waals surface area contributed by atoms with E-state index in [1.165, 1.54) is 62.8 Å². The number of halogens is 7. The van der Waals surface area contributed by atoms with E-state index < -0.39 is 77.8 Å². The van der Waals surface area contributed by atoms with Gasteiger partial charge in [0.2, 0.25) is 11.8 Å². The Morgan fingerprint density at radius 2 is 1.10 bits per heavy atom. The first kappa shape index (κ1) is 76.6. The van der Waals surface area contributed by atoms with Crippen LogP contribution >= 0.6 is 52.6 Å². The molecule has 3 N–H and O–H groups in total. The highest BCUT2D eigenvalue weighted by Gasteiger charge is 2.53. The number of hydrogen-bond donors (Lipinski definition) is 3. The molecule has 2 aromatic heterocycles. The van der Waals surface area contributed by atoms with Gasteiger partial charge in [-0.15, -0.1) is 0 Å². The monoisotopic (exact) mass is 1500 g/mol. The van der Waals surface area contributed by atoms with Gasteiger partial charge in [0.15, 0.2) is 23.1 Å². The number of Topliss-reactive ketones (excluding diaryl/α,β-unsaturated/α-hetero) is 4. The van der Waals surface area contributed by atoms with Gasteiger partial charge >= 0.3 is 7.12 Å². The number of benzene rings is 6. The van der Waals surface area contributed by atoms with Crippen LogP contribution in [-0.4, -0.2) is 140 Å². The third-order valence-electron chi connectivity index (χ3n) is 18.2. The fourth-order valence-electron chi connectivity index (χ4n) is 12.6. The number of anilines is 3. The Morgan fingerprint density at radius 3 is 1.63 bits per heavy atom. The summed E-state index contributed by atoms with van der Waals surface area (Å²) in [6.45, 7) is 11.7. The van der Waals surface area contributed by atoms with E-state index in [0.29, 0.717) is 44.6 Å². The Labute approximate surface area is 601 Å². The molecule has 8 aromatic rings. The summed E-state index contributed by atoms with van der Waals surface area (Å²) in [6, 6.07) is 29.0. The molecule has 6 aromatic carbocycles. The van der Waals surface area contributed by atoms with Gasteiger partial charge in [0.25, 0.3) is 0 Å². The van der Waals surface area contributed by atoms with Crippen LogP contribution in [0.15, 0.2) is 114 Å². The second kappa shape index (κ2) is 32.4. The van der Waals surface area contributed by atoms with Gasteiger partial charge in [0, 0.05) is 119 Å². The molecule has 17 nitrogen and oxygen atoms in total. The smallest absolute Gasteiger partial charge is 0.399 e. The number of alkyl halides is 2. The van der Waals surface area contributed by atoms with E-state index >= 15 is 8.78 Å². The first-order valence-corrected chi connectivity index (χ1v) is 34.1. The molecule has 0 radical (unpaired) electrons. The van der Waals surface area contributed by atoms with Crippen molar-refractivity contribution in [3.8, 4) is 11.1 Å². The third-order valence-corrected chi connectivity index (χ3v) is 19.9. The van der Waals surface area contributed by atoms with Crippen LogP contribution in [0, 0.1) is 11.6 Å². The van der Waals surface area contributed by atoms with Crippen molar-refractivity contribution in [3.63, 3.8) is 0 Å². The summed E-state index contributed by atoms with van der Waals surface area (Å²) >= 11 is 23.5. The zero-order valence-corrected chi connectivity index (χ0v) is 59.6. The number of ketones is 4. The van der Waals surface area contributed by atoms with Crippen molar-refractivity contribution in [2.75, 3.05) is 48.7 Å². The topological polar surface area (TPSA) is 199 Å². The van der Waals surface area contributed by atoms with Gasteiger partial charge in [-0.25, -0.2) is 17.6 Å². The normalized spacial score (nSPS) is 18.5. The molecule has 5 aliphatic rings. The molecule has 5 aliphatic heterocycles. The second-order valence-electron chi connectivity index (χ2n) is 25.0. The number of nitrogens with one attached hydrogen (secondary N) is 3. The fraction of sp³-hybridized carbons (Fsp3) is 0.371. The Kier molecular flexibility index (Phi) is 25.4. The quantitative estimate of drug-likeness (QED) is 0.0527. The molecule has 2 amide bonds. The van der Waals surface area contributed by atoms with E-state index in [-0.39, 0.29) is 118 Å². The molecule has 0 spiro atoms. The number of fused-ring (bicyclic) bond motifs is 4. The van der Waals surface area contributed by atoms with Gasteiger partial charge in [-0.1, -0.05) is 109 Å². The van der Waals surface area contributed by atoms with E-state index in [9.17, 15) is 37.5 Å². The molecule has 3 saturated heterocycles. The zero-order chi connectivity index (χ0) is 69.1. The minimum atomic E-state index is -1.39. The van der Waals surface area contributed by atoms with Crippen molar-refractivity contribution in [1.29, 1.82) is 0 Å². The van der Waals surface area contributed by atoms with Gasteiger partial charge in [-0.05, 0) is 103 Å². The standard InChI is InChI=1S/C31H28ClF2N5O3.C29H32BF2N3O5.C9H9BrClN.CH4.S2.H2S/c1-17(40)30-22-6-2-3-8-24(22)39(37-30)16-27(42)38-15-19(33)14-25(38)26(41)13-18-5-4-7-21(29(18)34)20-9-10-23-31(28(20)32)36-12-11-35-23;1-17(36)27-20-10-6-7-12-22(20)35(33-27)16-25(38)34-15-19(31)14-23(34)24(37)13-18-9-8-11-21(26(18)32)30-39-28(2,3)29(4,5)40-30;10-7-3-4-8-6(9(7)11)2-1-5-12-8;;1-2;/h2-10,19,25,35-36H,11-16H2,1H3;6-12,19,23H,13-16H2,1-5H3;3-4,12H,1-2,5H2;1H4;;1H2/t19-,25+;19-,23+;;;;/m11..../s1. The lowest BCUT2D eigenvalue weighted by Gasteiger charge is -2.32. The van der Waals surface area contributed by atoms with Crippen LogP contribution in [0.3, 0.4) is 0 Å². The van der Waals surface area contributed by atoms with E-state index in [2.05, 4.69) is 70.5 Å². The van der Waals surface area contributed by atoms with Crippen molar-refractivity contribution in [2.45, 2.75) is 136 Å². The van der Waals surface area contributed by atoms with Gasteiger partial charge in [-0.3, -0.25) is 38.1 Å². The molecule has 0 saturated carbocycles. The maximum atomic E-state index is 15.8. The molecule has 98 heavy (non-hydrogen) atoms. The number of hydrogen-bond acceptors (Lipinski definition) is 15. The van der Waals surface area contributed by atoms with E-state index in [1.54, 1.807) is 78.9 Å². The summed E-state index contributed by atoms with van der Waals surface area (Å²) in [5.74, 6) is -3.65. The number of nitrogens with zero attached hydrogens (tertiary/aromatic N) is 6. The molecule has 4 atom stereocenters. The number of para-hydroxylation sites is 2. The number of carbonyl (C=O) groups excluding carboxylic acids is 6. The number of aromatic nitrogens is 4. The number of rotatable bonds is 14. The SMILES string of the molecule is C.CC(=O)c1nn(CC(=O)N2C[C@H](F)C[C@H]2C(=O)Cc2cccc(-c3ccc4c(c3Cl)NCCN4)c2F)c2ccccc12.CC(=O)c1nn(CC(=O)N2C[C@H](F)C[C@H]2C(=O)Cc2cccc(B3OC(C)(C)C(C)(C)O3)c2F)c2ccccc12.Clc1c(Br)ccc2c1CCCN2.S.S=S. The van der Waals surface area contributed by atoms with Crippen LogP contribution in [0.2, 0.25) is 10.0 Å². The van der Waals surface area contributed by atoms with Crippen LogP contribution < -0.4 is 21.4 Å². The molecule has 0 unspecified atom stereocenters. The first-order valence-electron chi connectivity index (χ1n) is 31.2. The lowest BCUT2D eigenvalue weighted by Crippen LogP contribution is -2.43. The Bertz CT molecular complexity index is 4340. The highest BCUT2D eigenvalue weighted by molar-refractivity contribution is 9.10. The van der Waals surface area contributed by atoms with Gasteiger partial charge < -0.3 is 35.1 Å². The molecule has 13 rings (SSSR count). The molecule has 7 heterocycles. The summed E-state index contributed by atoms with van der Waals surface area (Å²) in [7, 11) is -0.941. The van der Waals surface area contributed by atoms with Crippen molar-refractivity contribution in [1.82, 2.24) is 29.4 Å². The zero-order valence-electron chi connectivity index (χ0n) is 53.9. The number of carbonyl (C=O) groups is 6. The summed E-state index contributed by atoms with van der Waals surface area (Å²) in [4.78, 5) is 80.1. The summed E-state index contributed by atoms with van der Waals surface area (Å²) in [5, 5.41) is 20.9. The molecular weight excluding hydrogens is 1430 g/mol. The highest BCUT2D eigenvalue weighted by Crippen LogP contribution is 2.42. The average molecular weight is 1500 g/mol. The molecule has 0 aliphatic carbocycles.